The Bertz CT molecular complexity index is 653. The van der Waals surface area contributed by atoms with Gasteiger partial charge in [-0.1, -0.05) is 66.2 Å². The summed E-state index contributed by atoms with van der Waals surface area (Å²) in [4.78, 5) is 2.58. The van der Waals surface area contributed by atoms with Crippen LogP contribution >= 0.6 is 0 Å². The van der Waals surface area contributed by atoms with E-state index in [1.807, 2.05) is 0 Å². The largest absolute Gasteiger partial charge is 0.295 e. The molecule has 0 aromatic heterocycles. The quantitative estimate of drug-likeness (QED) is 0.703. The highest BCUT2D eigenvalue weighted by Crippen LogP contribution is 2.31. The Morgan fingerprint density at radius 2 is 1.78 bits per heavy atom. The molecule has 0 N–H and O–H groups in total. The third-order valence-corrected chi connectivity index (χ3v) is 4.77. The number of benzene rings is 2. The van der Waals surface area contributed by atoms with Gasteiger partial charge in [0.05, 0.1) is 0 Å². The molecule has 0 fully saturated rings. The van der Waals surface area contributed by atoms with E-state index in [-0.39, 0.29) is 0 Å². The highest BCUT2D eigenvalue weighted by molar-refractivity contribution is 5.33. The summed E-state index contributed by atoms with van der Waals surface area (Å²) in [6.45, 7) is 7.68. The number of allylic oxidation sites excluding steroid dienone is 1. The van der Waals surface area contributed by atoms with Crippen LogP contribution in [0.5, 0.6) is 0 Å². The summed E-state index contributed by atoms with van der Waals surface area (Å²) in [6.07, 6.45) is 4.73. The van der Waals surface area contributed by atoms with E-state index < -0.39 is 0 Å². The first kappa shape index (κ1) is 16.0. The Morgan fingerprint density at radius 3 is 2.57 bits per heavy atom. The maximum atomic E-state index is 2.58. The molecular formula is C22H27N. The summed E-state index contributed by atoms with van der Waals surface area (Å²) in [5, 5.41) is 0. The maximum Gasteiger partial charge on any atom is 0.0239 e. The lowest BCUT2D eigenvalue weighted by molar-refractivity contribution is 0.292. The first-order chi connectivity index (χ1) is 11.2. The van der Waals surface area contributed by atoms with Gasteiger partial charge < -0.3 is 0 Å². The van der Waals surface area contributed by atoms with Gasteiger partial charge in [0.1, 0.15) is 0 Å². The SMILES string of the molecule is CC(C)=CCN1CCC(Cc2ccccc2)c2ccccc2C1. The van der Waals surface area contributed by atoms with Crippen molar-refractivity contribution in [2.24, 2.45) is 0 Å². The lowest BCUT2D eigenvalue weighted by Crippen LogP contribution is -2.23. The zero-order chi connectivity index (χ0) is 16.1. The van der Waals surface area contributed by atoms with E-state index in [2.05, 4.69) is 79.4 Å². The van der Waals surface area contributed by atoms with E-state index in [9.17, 15) is 0 Å². The number of hydrogen-bond donors (Lipinski definition) is 0. The third-order valence-electron chi connectivity index (χ3n) is 4.77. The van der Waals surface area contributed by atoms with Crippen LogP contribution in [0.15, 0.2) is 66.2 Å². The van der Waals surface area contributed by atoms with Crippen LogP contribution in [0.25, 0.3) is 0 Å². The van der Waals surface area contributed by atoms with Crippen LogP contribution in [-0.2, 0) is 13.0 Å². The molecule has 1 aliphatic heterocycles. The monoisotopic (exact) mass is 305 g/mol. The average molecular weight is 305 g/mol. The zero-order valence-corrected chi connectivity index (χ0v) is 14.3. The van der Waals surface area contributed by atoms with Crippen molar-refractivity contribution in [3.8, 4) is 0 Å². The Kier molecular flexibility index (Phi) is 5.30. The Hall–Kier alpha value is -1.86. The second-order valence-electron chi connectivity index (χ2n) is 6.89. The van der Waals surface area contributed by atoms with E-state index in [1.54, 1.807) is 5.56 Å². The van der Waals surface area contributed by atoms with Crippen LogP contribution < -0.4 is 0 Å². The summed E-state index contributed by atoms with van der Waals surface area (Å²) in [6, 6.07) is 20.0. The molecule has 0 radical (unpaired) electrons. The summed E-state index contributed by atoms with van der Waals surface area (Å²) in [5.41, 5.74) is 5.91. The third kappa shape index (κ3) is 4.33. The van der Waals surface area contributed by atoms with Crippen LogP contribution in [0, 0.1) is 0 Å². The predicted molar refractivity (Wildman–Crippen MR) is 98.7 cm³/mol. The summed E-state index contributed by atoms with van der Waals surface area (Å²) >= 11 is 0. The molecule has 0 bridgehead atoms. The van der Waals surface area contributed by atoms with E-state index in [4.69, 9.17) is 0 Å². The molecular weight excluding hydrogens is 278 g/mol. The number of hydrogen-bond acceptors (Lipinski definition) is 1. The predicted octanol–water partition coefficient (Wildman–Crippen LogP) is 5.18. The Labute approximate surface area is 140 Å². The fourth-order valence-electron chi connectivity index (χ4n) is 3.47. The molecule has 1 aliphatic rings. The van der Waals surface area contributed by atoms with Gasteiger partial charge in [0.15, 0.2) is 0 Å². The molecule has 1 heteroatoms. The summed E-state index contributed by atoms with van der Waals surface area (Å²) in [5.74, 6) is 0.630. The van der Waals surface area contributed by atoms with Crippen LogP contribution in [0.2, 0.25) is 0 Å². The molecule has 120 valence electrons. The molecule has 1 heterocycles. The van der Waals surface area contributed by atoms with Gasteiger partial charge in [-0.25, -0.2) is 0 Å². The lowest BCUT2D eigenvalue weighted by atomic mass is 9.87. The van der Waals surface area contributed by atoms with Crippen molar-refractivity contribution >= 4 is 0 Å². The maximum absolute atomic E-state index is 2.58. The van der Waals surface area contributed by atoms with Gasteiger partial charge in [-0.15, -0.1) is 0 Å². The minimum Gasteiger partial charge on any atom is -0.295 e. The van der Waals surface area contributed by atoms with Gasteiger partial charge >= 0.3 is 0 Å². The van der Waals surface area contributed by atoms with Crippen molar-refractivity contribution in [2.75, 3.05) is 13.1 Å². The fourth-order valence-corrected chi connectivity index (χ4v) is 3.47. The average Bonchev–Trinajstić information content (AvgIpc) is 2.74. The molecule has 1 atom stereocenters. The van der Waals surface area contributed by atoms with Crippen LogP contribution in [0.3, 0.4) is 0 Å². The normalized spacial score (nSPS) is 18.1. The van der Waals surface area contributed by atoms with E-state index in [0.717, 1.165) is 19.5 Å². The molecule has 3 rings (SSSR count). The van der Waals surface area contributed by atoms with Crippen LogP contribution in [-0.4, -0.2) is 18.0 Å². The van der Waals surface area contributed by atoms with Gasteiger partial charge in [-0.05, 0) is 55.8 Å². The standard InChI is InChI=1S/C22H27N/c1-18(2)12-14-23-15-13-20(16-19-8-4-3-5-9-19)22-11-7-6-10-21(22)17-23/h3-12,20H,13-17H2,1-2H3. The van der Waals surface area contributed by atoms with Crippen LogP contribution in [0.1, 0.15) is 42.9 Å². The zero-order valence-electron chi connectivity index (χ0n) is 14.3. The highest BCUT2D eigenvalue weighted by Gasteiger charge is 2.21. The van der Waals surface area contributed by atoms with Crippen molar-refractivity contribution in [1.29, 1.82) is 0 Å². The molecule has 0 spiro atoms. The van der Waals surface area contributed by atoms with Gasteiger partial charge in [0.25, 0.3) is 0 Å². The van der Waals surface area contributed by atoms with Gasteiger partial charge in [0.2, 0.25) is 0 Å². The Balaban J connectivity index is 1.81. The first-order valence-electron chi connectivity index (χ1n) is 8.70. The second kappa shape index (κ2) is 7.61. The molecule has 0 aliphatic carbocycles. The molecule has 0 saturated carbocycles. The van der Waals surface area contributed by atoms with Gasteiger partial charge in [-0.3, -0.25) is 4.90 Å². The molecule has 0 amide bonds. The summed E-state index contributed by atoms with van der Waals surface area (Å²) < 4.78 is 0. The van der Waals surface area contributed by atoms with Crippen molar-refractivity contribution in [3.63, 3.8) is 0 Å². The van der Waals surface area contributed by atoms with E-state index in [0.29, 0.717) is 5.92 Å². The summed E-state index contributed by atoms with van der Waals surface area (Å²) in [7, 11) is 0. The smallest absolute Gasteiger partial charge is 0.0239 e. The molecule has 2 aromatic rings. The second-order valence-corrected chi connectivity index (χ2v) is 6.89. The van der Waals surface area contributed by atoms with Crippen molar-refractivity contribution in [3.05, 3.63) is 82.9 Å². The van der Waals surface area contributed by atoms with Crippen molar-refractivity contribution < 1.29 is 0 Å². The van der Waals surface area contributed by atoms with Crippen LogP contribution in [0.4, 0.5) is 0 Å². The lowest BCUT2D eigenvalue weighted by Gasteiger charge is -2.19. The fraction of sp³-hybridized carbons (Fsp3) is 0.364. The molecule has 1 unspecified atom stereocenters. The topological polar surface area (TPSA) is 3.24 Å². The van der Waals surface area contributed by atoms with Gasteiger partial charge in [0, 0.05) is 13.1 Å². The van der Waals surface area contributed by atoms with Gasteiger partial charge in [-0.2, -0.15) is 0 Å². The molecule has 1 nitrogen and oxygen atoms in total. The number of nitrogens with zero attached hydrogens (tertiary/aromatic N) is 1. The minimum absolute atomic E-state index is 0.630. The van der Waals surface area contributed by atoms with E-state index >= 15 is 0 Å². The van der Waals surface area contributed by atoms with Crippen molar-refractivity contribution in [1.82, 2.24) is 4.90 Å². The van der Waals surface area contributed by atoms with Crippen molar-refractivity contribution in [2.45, 2.75) is 39.2 Å². The minimum atomic E-state index is 0.630. The first-order valence-corrected chi connectivity index (χ1v) is 8.70. The molecule has 23 heavy (non-hydrogen) atoms. The van der Waals surface area contributed by atoms with E-state index in [1.165, 1.54) is 29.7 Å². The Morgan fingerprint density at radius 1 is 1.04 bits per heavy atom. The molecule has 2 aromatic carbocycles. The highest BCUT2D eigenvalue weighted by atomic mass is 15.1. The number of rotatable bonds is 4. The molecule has 0 saturated heterocycles. The number of fused-ring (bicyclic) bond motifs is 1.